The minimum Gasteiger partial charge on any atom is -0.497 e. The van der Waals surface area contributed by atoms with Crippen molar-refractivity contribution in [2.45, 2.75) is 44.7 Å². The molecule has 3 rings (SSSR count). The summed E-state index contributed by atoms with van der Waals surface area (Å²) in [4.78, 5) is 29.1. The van der Waals surface area contributed by atoms with E-state index >= 15 is 0 Å². The van der Waals surface area contributed by atoms with Gasteiger partial charge >= 0.3 is 0 Å². The first-order valence-corrected chi connectivity index (χ1v) is 17.0. The first-order chi connectivity index (χ1) is 22.3. The number of nitrogens with one attached hydrogen (secondary N) is 1. The van der Waals surface area contributed by atoms with Crippen LogP contribution in [0.1, 0.15) is 32.8 Å². The summed E-state index contributed by atoms with van der Waals surface area (Å²) in [6.07, 6.45) is 0.242. The fraction of sp³-hybridized carbons (Fsp3) is 0.394. The van der Waals surface area contributed by atoms with Gasteiger partial charge in [-0.05, 0) is 54.3 Å². The van der Waals surface area contributed by atoms with Crippen LogP contribution in [0.4, 0.5) is 5.69 Å². The van der Waals surface area contributed by atoms with E-state index < -0.39 is 28.5 Å². The topological polar surface area (TPSA) is 124 Å². The number of methoxy groups -OCH3 is 4. The molecule has 0 fully saturated rings. The molecule has 0 aliphatic heterocycles. The smallest absolute Gasteiger partial charge is 0.265 e. The van der Waals surface area contributed by atoms with E-state index in [1.807, 2.05) is 13.8 Å². The van der Waals surface area contributed by atoms with E-state index in [1.54, 1.807) is 25.1 Å². The summed E-state index contributed by atoms with van der Waals surface area (Å²) in [6, 6.07) is 12.6. The summed E-state index contributed by atoms with van der Waals surface area (Å²) in [7, 11) is 1.15. The van der Waals surface area contributed by atoms with E-state index in [0.717, 1.165) is 4.31 Å². The summed E-state index contributed by atoms with van der Waals surface area (Å²) < 4.78 is 51.5. The largest absolute Gasteiger partial charge is 0.497 e. The highest BCUT2D eigenvalue weighted by Crippen LogP contribution is 2.38. The molecule has 0 saturated heterocycles. The van der Waals surface area contributed by atoms with E-state index in [-0.39, 0.29) is 51.9 Å². The monoisotopic (exact) mass is 709 g/mol. The number of carbonyl (C=O) groups excluding carboxylic acids is 2. The second-order valence-electron chi connectivity index (χ2n) is 10.9. The van der Waals surface area contributed by atoms with Crippen LogP contribution in [-0.2, 0) is 26.2 Å². The normalized spacial score (nSPS) is 11.9. The van der Waals surface area contributed by atoms with E-state index in [4.69, 9.17) is 42.1 Å². The minimum absolute atomic E-state index is 0.0387. The number of amides is 2. The maximum Gasteiger partial charge on any atom is 0.265 e. The van der Waals surface area contributed by atoms with Crippen LogP contribution in [0.25, 0.3) is 0 Å². The van der Waals surface area contributed by atoms with Crippen molar-refractivity contribution in [3.63, 3.8) is 0 Å². The van der Waals surface area contributed by atoms with Gasteiger partial charge in [0.15, 0.2) is 11.5 Å². The molecule has 0 heterocycles. The highest BCUT2D eigenvalue weighted by Gasteiger charge is 2.35. The first kappa shape index (κ1) is 37.6. The summed E-state index contributed by atoms with van der Waals surface area (Å²) in [5, 5.41) is 3.58. The Morgan fingerprint density at radius 3 is 2.09 bits per heavy atom. The first-order valence-electron chi connectivity index (χ1n) is 14.8. The summed E-state index contributed by atoms with van der Waals surface area (Å²) >= 11 is 12.6. The molecule has 11 nitrogen and oxygen atoms in total. The lowest BCUT2D eigenvalue weighted by Crippen LogP contribution is -2.52. The number of nitrogens with zero attached hydrogens (tertiary/aromatic N) is 2. The van der Waals surface area contributed by atoms with Crippen LogP contribution in [0.5, 0.6) is 23.0 Å². The van der Waals surface area contributed by atoms with Gasteiger partial charge in [-0.3, -0.25) is 13.9 Å². The Morgan fingerprint density at radius 2 is 1.51 bits per heavy atom. The standard InChI is InChI=1S/C33H41Cl2N3O8S/c1-8-27(33(40)36-18-21(2)3)37(19-22-9-10-23(34)15-26(22)35)32(39)20-38(28-16-24(43-4)11-13-29(28)44-5)47(41,42)25-12-14-30(45-6)31(17-25)46-7/h9-17,21,27H,8,18-20H2,1-7H3,(H,36,40). The Labute approximate surface area is 286 Å². The average molecular weight is 711 g/mol. The van der Waals surface area contributed by atoms with Gasteiger partial charge in [0, 0.05) is 35.3 Å². The lowest BCUT2D eigenvalue weighted by Gasteiger charge is -2.34. The van der Waals surface area contributed by atoms with Crippen molar-refractivity contribution in [3.05, 3.63) is 70.2 Å². The molecule has 0 spiro atoms. The second-order valence-corrected chi connectivity index (χ2v) is 13.6. The molecule has 0 bridgehead atoms. The molecule has 47 heavy (non-hydrogen) atoms. The number of halogens is 2. The number of hydrogen-bond donors (Lipinski definition) is 1. The molecule has 256 valence electrons. The van der Waals surface area contributed by atoms with Gasteiger partial charge in [0.05, 0.1) is 39.0 Å². The minimum atomic E-state index is -4.49. The molecule has 0 aromatic heterocycles. The van der Waals surface area contributed by atoms with Crippen molar-refractivity contribution in [2.75, 3.05) is 45.8 Å². The maximum atomic E-state index is 14.5. The molecule has 3 aromatic carbocycles. The predicted molar refractivity (Wildman–Crippen MR) is 183 cm³/mol. The van der Waals surface area contributed by atoms with Gasteiger partial charge in [-0.15, -0.1) is 0 Å². The zero-order chi connectivity index (χ0) is 34.9. The molecular formula is C33H41Cl2N3O8S. The van der Waals surface area contributed by atoms with Crippen LogP contribution in [0.3, 0.4) is 0 Å². The number of sulfonamides is 1. The molecule has 0 radical (unpaired) electrons. The van der Waals surface area contributed by atoms with Gasteiger partial charge in [-0.2, -0.15) is 0 Å². The maximum absolute atomic E-state index is 14.5. The number of hydrogen-bond acceptors (Lipinski definition) is 8. The van der Waals surface area contributed by atoms with Crippen molar-refractivity contribution in [3.8, 4) is 23.0 Å². The van der Waals surface area contributed by atoms with Crippen LogP contribution in [0.15, 0.2) is 59.5 Å². The van der Waals surface area contributed by atoms with Crippen LogP contribution >= 0.6 is 23.2 Å². The Morgan fingerprint density at radius 1 is 0.851 bits per heavy atom. The summed E-state index contributed by atoms with van der Waals surface area (Å²) in [6.45, 7) is 5.26. The average Bonchev–Trinajstić information content (AvgIpc) is 3.06. The number of rotatable bonds is 16. The fourth-order valence-corrected chi connectivity index (χ4v) is 6.69. The summed E-state index contributed by atoms with van der Waals surface area (Å²) in [5.74, 6) is 0.0849. The zero-order valence-electron chi connectivity index (χ0n) is 27.5. The Kier molecular flexibility index (Phi) is 13.4. The number of anilines is 1. The van der Waals surface area contributed by atoms with E-state index in [9.17, 15) is 18.0 Å². The lowest BCUT2D eigenvalue weighted by atomic mass is 10.1. The molecule has 2 amide bonds. The third-order valence-corrected chi connectivity index (χ3v) is 9.65. The number of benzene rings is 3. The third kappa shape index (κ3) is 9.15. The highest BCUT2D eigenvalue weighted by molar-refractivity contribution is 7.92. The third-order valence-electron chi connectivity index (χ3n) is 7.30. The van der Waals surface area contributed by atoms with Gasteiger partial charge in [-0.25, -0.2) is 8.42 Å². The van der Waals surface area contributed by atoms with Crippen LogP contribution < -0.4 is 28.6 Å². The van der Waals surface area contributed by atoms with Gasteiger partial charge in [0.2, 0.25) is 11.8 Å². The molecule has 1 unspecified atom stereocenters. The molecule has 1 N–H and O–H groups in total. The van der Waals surface area contributed by atoms with Crippen LogP contribution in [-0.4, -0.2) is 72.7 Å². The van der Waals surface area contributed by atoms with Crippen molar-refractivity contribution in [1.82, 2.24) is 10.2 Å². The predicted octanol–water partition coefficient (Wildman–Crippen LogP) is 5.80. The zero-order valence-corrected chi connectivity index (χ0v) is 29.8. The van der Waals surface area contributed by atoms with E-state index in [2.05, 4.69) is 5.32 Å². The van der Waals surface area contributed by atoms with Gasteiger partial charge in [-0.1, -0.05) is 50.0 Å². The van der Waals surface area contributed by atoms with Gasteiger partial charge in [0.1, 0.15) is 24.1 Å². The van der Waals surface area contributed by atoms with Gasteiger partial charge < -0.3 is 29.2 Å². The summed E-state index contributed by atoms with van der Waals surface area (Å²) in [5.41, 5.74) is 0.560. The molecular weight excluding hydrogens is 669 g/mol. The number of ether oxygens (including phenoxy) is 4. The van der Waals surface area contributed by atoms with Crippen LogP contribution in [0, 0.1) is 5.92 Å². The molecule has 0 aliphatic rings. The molecule has 3 aromatic rings. The lowest BCUT2D eigenvalue weighted by molar-refractivity contribution is -0.140. The molecule has 0 aliphatic carbocycles. The fourth-order valence-electron chi connectivity index (χ4n) is 4.78. The Hall–Kier alpha value is -3.87. The Bertz CT molecular complexity index is 1670. The Balaban J connectivity index is 2.21. The van der Waals surface area contributed by atoms with E-state index in [0.29, 0.717) is 28.6 Å². The quantitative estimate of drug-likeness (QED) is 0.198. The van der Waals surface area contributed by atoms with Crippen molar-refractivity contribution < 1.29 is 37.0 Å². The molecule has 0 saturated carbocycles. The van der Waals surface area contributed by atoms with Crippen molar-refractivity contribution >= 4 is 50.7 Å². The van der Waals surface area contributed by atoms with E-state index in [1.165, 1.54) is 69.7 Å². The SMILES string of the molecule is CCC(C(=O)NCC(C)C)N(Cc1ccc(Cl)cc1Cl)C(=O)CN(c1cc(OC)ccc1OC)S(=O)(=O)c1ccc(OC)c(OC)c1. The second kappa shape index (κ2) is 16.8. The van der Waals surface area contributed by atoms with Gasteiger partial charge in [0.25, 0.3) is 10.0 Å². The van der Waals surface area contributed by atoms with Crippen molar-refractivity contribution in [2.24, 2.45) is 5.92 Å². The van der Waals surface area contributed by atoms with Crippen molar-refractivity contribution in [1.29, 1.82) is 0 Å². The molecule has 14 heteroatoms. The van der Waals surface area contributed by atoms with Crippen LogP contribution in [0.2, 0.25) is 10.0 Å². The number of carbonyl (C=O) groups is 2. The highest BCUT2D eigenvalue weighted by atomic mass is 35.5. The molecule has 1 atom stereocenters.